The van der Waals surface area contributed by atoms with Gasteiger partial charge in [-0.2, -0.15) is 5.26 Å². The number of nitrogens with zero attached hydrogens (tertiary/aromatic N) is 2. The zero-order chi connectivity index (χ0) is 13.4. The number of nitriles is 1. The van der Waals surface area contributed by atoms with Crippen LogP contribution in [0.1, 0.15) is 60.8 Å². The lowest BCUT2D eigenvalue weighted by Gasteiger charge is -2.16. The van der Waals surface area contributed by atoms with E-state index in [2.05, 4.69) is 13.8 Å². The van der Waals surface area contributed by atoms with Gasteiger partial charge in [-0.1, -0.05) is 34.1 Å². The largest absolute Gasteiger partial charge is 0.343 e. The summed E-state index contributed by atoms with van der Waals surface area (Å²) in [4.78, 5) is 12.7. The van der Waals surface area contributed by atoms with Crippen molar-refractivity contribution in [1.82, 2.24) is 4.90 Å². The van der Waals surface area contributed by atoms with Crippen LogP contribution in [-0.4, -0.2) is 23.9 Å². The molecule has 0 saturated carbocycles. The van der Waals surface area contributed by atoms with Crippen molar-refractivity contribution >= 4 is 5.91 Å². The Morgan fingerprint density at radius 1 is 1.06 bits per heavy atom. The van der Waals surface area contributed by atoms with Crippen molar-refractivity contribution < 1.29 is 4.79 Å². The first kappa shape index (κ1) is 20.4. The van der Waals surface area contributed by atoms with Gasteiger partial charge in [0.2, 0.25) is 5.91 Å². The van der Waals surface area contributed by atoms with Crippen molar-refractivity contribution in [3.8, 4) is 6.07 Å². The first-order valence-corrected chi connectivity index (χ1v) is 6.23. The van der Waals surface area contributed by atoms with E-state index in [1.165, 1.54) is 6.42 Å². The molecule has 0 rings (SSSR count). The summed E-state index contributed by atoms with van der Waals surface area (Å²) in [5, 5.41) is 7.62. The van der Waals surface area contributed by atoms with E-state index in [4.69, 9.17) is 5.26 Å². The van der Waals surface area contributed by atoms with Gasteiger partial charge >= 0.3 is 0 Å². The molecule has 0 aromatic rings. The Labute approximate surface area is 101 Å². The van der Waals surface area contributed by atoms with Gasteiger partial charge < -0.3 is 4.90 Å². The molecule has 3 heteroatoms. The number of hydrogen-bond donors (Lipinski definition) is 0. The van der Waals surface area contributed by atoms with Crippen LogP contribution in [0.2, 0.25) is 0 Å². The zero-order valence-electron chi connectivity index (χ0n) is 11.8. The van der Waals surface area contributed by atoms with Gasteiger partial charge in [-0.25, -0.2) is 0 Å². The summed E-state index contributed by atoms with van der Waals surface area (Å²) in [6.45, 7) is 13.6. The van der Waals surface area contributed by atoms with E-state index in [0.717, 1.165) is 13.1 Å². The average molecular weight is 228 g/mol. The number of carbonyl (C=O) groups is 1. The minimum atomic E-state index is 0.250. The van der Waals surface area contributed by atoms with Crippen LogP contribution in [0.3, 0.4) is 0 Å². The summed E-state index contributed by atoms with van der Waals surface area (Å²) in [6.07, 6.45) is 2.50. The molecule has 0 atom stereocenters. The SMILES string of the molecule is CCC.CCC#N.CCC(=O)N(CC)CC. The minimum absolute atomic E-state index is 0.250. The molecule has 0 aliphatic carbocycles. The summed E-state index contributed by atoms with van der Waals surface area (Å²) in [6, 6.07) is 1.93. The van der Waals surface area contributed by atoms with Gasteiger partial charge in [0.1, 0.15) is 0 Å². The second-order valence-electron chi connectivity index (χ2n) is 3.14. The average Bonchev–Trinajstić information content (AvgIpc) is 2.31. The molecular formula is C13H28N2O. The molecule has 0 fully saturated rings. The number of carbonyl (C=O) groups excluding carboxylic acids is 1. The van der Waals surface area contributed by atoms with Crippen molar-refractivity contribution in [2.45, 2.75) is 60.8 Å². The standard InChI is InChI=1S/C7H15NO.C3H5N.C3H8/c1-4-7(9)8(5-2)6-3;1-2-3-4;1-3-2/h4-6H2,1-3H3;2H2,1H3;3H2,1-2H3. The Bertz CT molecular complexity index is 169. The molecule has 0 bridgehead atoms. The fraction of sp³-hybridized carbons (Fsp3) is 0.846. The molecule has 0 aliphatic rings. The predicted molar refractivity (Wildman–Crippen MR) is 70.1 cm³/mol. The Balaban J connectivity index is -0.000000201. The van der Waals surface area contributed by atoms with Crippen molar-refractivity contribution in [3.05, 3.63) is 0 Å². The van der Waals surface area contributed by atoms with Crippen LogP contribution in [0.5, 0.6) is 0 Å². The molecule has 0 unspecified atom stereocenters. The van der Waals surface area contributed by atoms with Crippen LogP contribution < -0.4 is 0 Å². The Morgan fingerprint density at radius 2 is 1.38 bits per heavy atom. The lowest BCUT2D eigenvalue weighted by Crippen LogP contribution is -2.29. The van der Waals surface area contributed by atoms with Gasteiger partial charge in [0.15, 0.2) is 0 Å². The van der Waals surface area contributed by atoms with Gasteiger partial charge in [-0.15, -0.1) is 0 Å². The van der Waals surface area contributed by atoms with Crippen LogP contribution >= 0.6 is 0 Å². The Kier molecular flexibility index (Phi) is 24.9. The molecule has 0 spiro atoms. The van der Waals surface area contributed by atoms with E-state index in [-0.39, 0.29) is 5.91 Å². The molecule has 0 aromatic heterocycles. The van der Waals surface area contributed by atoms with Gasteiger partial charge in [0, 0.05) is 25.9 Å². The van der Waals surface area contributed by atoms with E-state index in [9.17, 15) is 4.79 Å². The van der Waals surface area contributed by atoms with Gasteiger partial charge in [-0.3, -0.25) is 4.79 Å². The third-order valence-electron chi connectivity index (χ3n) is 1.58. The maximum absolute atomic E-state index is 10.9. The Hall–Kier alpha value is -1.04. The van der Waals surface area contributed by atoms with Crippen molar-refractivity contribution in [1.29, 1.82) is 5.26 Å². The molecule has 0 saturated heterocycles. The first-order chi connectivity index (χ1) is 7.59. The fourth-order valence-electron chi connectivity index (χ4n) is 0.800. The molecule has 0 radical (unpaired) electrons. The van der Waals surface area contributed by atoms with Crippen molar-refractivity contribution in [2.24, 2.45) is 0 Å². The number of amides is 1. The zero-order valence-corrected chi connectivity index (χ0v) is 11.8. The van der Waals surface area contributed by atoms with Crippen molar-refractivity contribution in [2.75, 3.05) is 13.1 Å². The van der Waals surface area contributed by atoms with Crippen LogP contribution in [-0.2, 0) is 4.79 Å². The molecule has 3 nitrogen and oxygen atoms in total. The fourth-order valence-corrected chi connectivity index (χ4v) is 0.800. The molecule has 16 heavy (non-hydrogen) atoms. The predicted octanol–water partition coefficient (Wildman–Crippen LogP) is 3.60. The second-order valence-corrected chi connectivity index (χ2v) is 3.14. The molecule has 0 aliphatic heterocycles. The lowest BCUT2D eigenvalue weighted by atomic mass is 10.4. The Morgan fingerprint density at radius 3 is 1.44 bits per heavy atom. The van der Waals surface area contributed by atoms with Gasteiger partial charge in [0.25, 0.3) is 0 Å². The molecule has 0 N–H and O–H groups in total. The van der Waals surface area contributed by atoms with Gasteiger partial charge in [-0.05, 0) is 13.8 Å². The topological polar surface area (TPSA) is 44.1 Å². The van der Waals surface area contributed by atoms with Crippen LogP contribution in [0.15, 0.2) is 0 Å². The summed E-state index contributed by atoms with van der Waals surface area (Å²) in [7, 11) is 0. The van der Waals surface area contributed by atoms with Crippen molar-refractivity contribution in [3.63, 3.8) is 0 Å². The highest BCUT2D eigenvalue weighted by Crippen LogP contribution is 1.91. The van der Waals surface area contributed by atoms with Crippen LogP contribution in [0.25, 0.3) is 0 Å². The smallest absolute Gasteiger partial charge is 0.222 e. The maximum Gasteiger partial charge on any atom is 0.222 e. The van der Waals surface area contributed by atoms with Gasteiger partial charge in [0.05, 0.1) is 6.07 Å². The van der Waals surface area contributed by atoms with Crippen LogP contribution in [0.4, 0.5) is 0 Å². The quantitative estimate of drug-likeness (QED) is 0.740. The number of hydrogen-bond acceptors (Lipinski definition) is 2. The van der Waals surface area contributed by atoms with E-state index in [1.807, 2.05) is 38.7 Å². The highest BCUT2D eigenvalue weighted by Gasteiger charge is 2.03. The second kappa shape index (κ2) is 19.5. The normalized spacial score (nSPS) is 7.56. The monoisotopic (exact) mass is 228 g/mol. The number of rotatable bonds is 3. The highest BCUT2D eigenvalue weighted by atomic mass is 16.2. The van der Waals surface area contributed by atoms with E-state index >= 15 is 0 Å². The molecule has 96 valence electrons. The molecule has 0 aromatic carbocycles. The summed E-state index contributed by atoms with van der Waals surface area (Å²) in [5.41, 5.74) is 0. The summed E-state index contributed by atoms with van der Waals surface area (Å²) < 4.78 is 0. The highest BCUT2D eigenvalue weighted by molar-refractivity contribution is 5.75. The first-order valence-electron chi connectivity index (χ1n) is 6.23. The van der Waals surface area contributed by atoms with E-state index < -0.39 is 0 Å². The third kappa shape index (κ3) is 18.7. The van der Waals surface area contributed by atoms with E-state index in [1.54, 1.807) is 0 Å². The summed E-state index contributed by atoms with van der Waals surface area (Å²) in [5.74, 6) is 0.250. The molecule has 1 amide bonds. The van der Waals surface area contributed by atoms with Crippen LogP contribution in [0, 0.1) is 11.3 Å². The van der Waals surface area contributed by atoms with E-state index in [0.29, 0.717) is 12.8 Å². The molecule has 0 heterocycles. The molecular weight excluding hydrogens is 200 g/mol. The lowest BCUT2D eigenvalue weighted by molar-refractivity contribution is -0.130. The summed E-state index contributed by atoms with van der Waals surface area (Å²) >= 11 is 0. The third-order valence-corrected chi connectivity index (χ3v) is 1.58. The minimum Gasteiger partial charge on any atom is -0.343 e. The maximum atomic E-state index is 10.9.